The molecule has 86 valence electrons. The molecule has 0 atom stereocenters. The molecule has 0 heterocycles. The molecule has 0 aromatic heterocycles. The largest absolute Gasteiger partial charge is 0.462 e. The maximum Gasteiger partial charge on any atom is 0.343 e. The molecule has 0 aliphatic rings. The van der Waals surface area contributed by atoms with E-state index in [4.69, 9.17) is 21.0 Å². The summed E-state index contributed by atoms with van der Waals surface area (Å²) >= 11 is 0. The summed E-state index contributed by atoms with van der Waals surface area (Å²) in [6, 6.07) is 0. The van der Waals surface area contributed by atoms with Gasteiger partial charge in [-0.1, -0.05) is 0 Å². The van der Waals surface area contributed by atoms with Crippen molar-refractivity contribution < 1.29 is 14.6 Å². The van der Waals surface area contributed by atoms with Crippen molar-refractivity contribution >= 4 is 11.8 Å². The van der Waals surface area contributed by atoms with Gasteiger partial charge in [-0.2, -0.15) is 0 Å². The molecule has 0 amide bonds. The van der Waals surface area contributed by atoms with Crippen molar-refractivity contribution in [2.24, 2.45) is 5.73 Å². The van der Waals surface area contributed by atoms with E-state index in [1.54, 1.807) is 6.92 Å². The molecule has 6 nitrogen and oxygen atoms in total. The van der Waals surface area contributed by atoms with Crippen LogP contribution in [0.4, 0.5) is 0 Å². The molecule has 0 aliphatic carbocycles. The third-order valence-corrected chi connectivity index (χ3v) is 1.51. The van der Waals surface area contributed by atoms with Crippen molar-refractivity contribution in [3.8, 4) is 0 Å². The van der Waals surface area contributed by atoms with Crippen LogP contribution in [0.3, 0.4) is 0 Å². The molecule has 6 heteroatoms. The van der Waals surface area contributed by atoms with Gasteiger partial charge in [0.25, 0.3) is 0 Å². The topological polar surface area (TPSA) is 108 Å². The zero-order chi connectivity index (χ0) is 11.7. The number of esters is 1. The average Bonchev–Trinajstić information content (AvgIpc) is 2.17. The molecule has 15 heavy (non-hydrogen) atoms. The number of nitrogens with one attached hydrogen (secondary N) is 2. The Balaban J connectivity index is 4.25. The molecule has 0 bridgehead atoms. The molecule has 0 aromatic carbocycles. The van der Waals surface area contributed by atoms with Crippen LogP contribution in [0.15, 0.2) is 11.8 Å². The highest BCUT2D eigenvalue weighted by molar-refractivity contribution is 6.16. The second kappa shape index (κ2) is 7.81. The predicted octanol–water partition coefficient (Wildman–Crippen LogP) is -0.659. The Morgan fingerprint density at radius 1 is 1.67 bits per heavy atom. The Hall–Kier alpha value is -1.56. The van der Waals surface area contributed by atoms with Crippen LogP contribution >= 0.6 is 0 Å². The first-order valence-electron chi connectivity index (χ1n) is 4.69. The monoisotopic (exact) mass is 215 g/mol. The maximum absolute atomic E-state index is 11.2. The summed E-state index contributed by atoms with van der Waals surface area (Å²) in [5.41, 5.74) is 5.20. The van der Waals surface area contributed by atoms with Gasteiger partial charge in [0.1, 0.15) is 11.4 Å². The van der Waals surface area contributed by atoms with E-state index in [-0.39, 0.29) is 24.6 Å². The molecule has 0 rings (SSSR count). The summed E-state index contributed by atoms with van der Waals surface area (Å²) in [4.78, 5) is 11.2. The highest BCUT2D eigenvalue weighted by Crippen LogP contribution is 1.96. The van der Waals surface area contributed by atoms with Crippen LogP contribution in [-0.4, -0.2) is 36.7 Å². The summed E-state index contributed by atoms with van der Waals surface area (Å²) in [5.74, 6) is -0.966. The van der Waals surface area contributed by atoms with E-state index >= 15 is 0 Å². The van der Waals surface area contributed by atoms with Crippen molar-refractivity contribution in [2.45, 2.75) is 13.3 Å². The van der Waals surface area contributed by atoms with E-state index in [0.29, 0.717) is 13.0 Å². The molecule has 0 radical (unpaired) electrons. The normalized spacial score (nSPS) is 10.9. The molecule has 0 saturated heterocycles. The van der Waals surface area contributed by atoms with Crippen molar-refractivity contribution in [1.82, 2.24) is 5.32 Å². The Morgan fingerprint density at radius 3 is 2.80 bits per heavy atom. The van der Waals surface area contributed by atoms with E-state index in [1.807, 2.05) is 0 Å². The highest BCUT2D eigenvalue weighted by atomic mass is 16.5. The Kier molecular flexibility index (Phi) is 7.00. The molecule has 0 unspecified atom stereocenters. The molecular weight excluding hydrogens is 198 g/mol. The van der Waals surface area contributed by atoms with Gasteiger partial charge >= 0.3 is 5.97 Å². The first-order chi connectivity index (χ1) is 7.13. The Bertz CT molecular complexity index is 251. The number of nitrogens with two attached hydrogens (primary N) is 1. The molecule has 0 aliphatic heterocycles. The fraction of sp³-hybridized carbons (Fsp3) is 0.556. The number of carbonyl (C=O) groups is 1. The summed E-state index contributed by atoms with van der Waals surface area (Å²) in [5, 5.41) is 18.4. The maximum atomic E-state index is 11.2. The van der Waals surface area contributed by atoms with Crippen LogP contribution in [0.1, 0.15) is 13.3 Å². The van der Waals surface area contributed by atoms with Crippen LogP contribution in [0.25, 0.3) is 0 Å². The number of hydrogen-bond acceptors (Lipinski definition) is 5. The average molecular weight is 215 g/mol. The van der Waals surface area contributed by atoms with E-state index < -0.39 is 5.97 Å². The summed E-state index contributed by atoms with van der Waals surface area (Å²) < 4.78 is 4.70. The van der Waals surface area contributed by atoms with Crippen molar-refractivity contribution in [2.75, 3.05) is 19.8 Å². The predicted molar refractivity (Wildman–Crippen MR) is 56.3 cm³/mol. The summed E-state index contributed by atoms with van der Waals surface area (Å²) in [7, 11) is 0. The number of carbonyl (C=O) groups excluding carboxylic acids is 1. The fourth-order valence-corrected chi connectivity index (χ4v) is 0.811. The first-order valence-corrected chi connectivity index (χ1v) is 4.69. The molecule has 0 fully saturated rings. The van der Waals surface area contributed by atoms with Crippen LogP contribution in [0, 0.1) is 5.41 Å². The van der Waals surface area contributed by atoms with Gasteiger partial charge in [0.15, 0.2) is 0 Å². The first kappa shape index (κ1) is 13.4. The minimum atomic E-state index is -0.624. The van der Waals surface area contributed by atoms with Crippen LogP contribution in [0.5, 0.6) is 0 Å². The third-order valence-electron chi connectivity index (χ3n) is 1.51. The lowest BCUT2D eigenvalue weighted by Crippen LogP contribution is -2.24. The molecule has 0 aromatic rings. The van der Waals surface area contributed by atoms with Gasteiger partial charge in [0.2, 0.25) is 0 Å². The van der Waals surface area contributed by atoms with E-state index in [1.165, 1.54) is 6.20 Å². The van der Waals surface area contributed by atoms with Gasteiger partial charge in [-0.25, -0.2) is 4.79 Å². The van der Waals surface area contributed by atoms with E-state index in [2.05, 4.69) is 5.32 Å². The van der Waals surface area contributed by atoms with Crippen molar-refractivity contribution in [1.29, 1.82) is 5.41 Å². The van der Waals surface area contributed by atoms with E-state index in [9.17, 15) is 4.79 Å². The minimum Gasteiger partial charge on any atom is -0.462 e. The lowest BCUT2D eigenvalue weighted by Gasteiger charge is -2.05. The second-order valence-electron chi connectivity index (χ2n) is 2.72. The van der Waals surface area contributed by atoms with Crippen LogP contribution in [0.2, 0.25) is 0 Å². The van der Waals surface area contributed by atoms with Crippen molar-refractivity contribution in [3.05, 3.63) is 11.8 Å². The third kappa shape index (κ3) is 5.69. The summed E-state index contributed by atoms with van der Waals surface area (Å²) in [6.45, 7) is 2.48. The lowest BCUT2D eigenvalue weighted by molar-refractivity contribution is -0.137. The zero-order valence-corrected chi connectivity index (χ0v) is 8.75. The zero-order valence-electron chi connectivity index (χ0n) is 8.75. The number of aliphatic hydroxyl groups is 1. The van der Waals surface area contributed by atoms with Crippen molar-refractivity contribution in [3.63, 3.8) is 0 Å². The van der Waals surface area contributed by atoms with Crippen LogP contribution in [-0.2, 0) is 9.53 Å². The van der Waals surface area contributed by atoms with Gasteiger partial charge in [0, 0.05) is 19.4 Å². The second-order valence-corrected chi connectivity index (χ2v) is 2.72. The van der Waals surface area contributed by atoms with Gasteiger partial charge in [-0.15, -0.1) is 0 Å². The molecule has 5 N–H and O–H groups in total. The quantitative estimate of drug-likeness (QED) is 0.148. The van der Waals surface area contributed by atoms with Crippen LogP contribution < -0.4 is 11.1 Å². The number of rotatable bonds is 7. The summed E-state index contributed by atoms with van der Waals surface area (Å²) in [6.07, 6.45) is 1.89. The number of amidine groups is 1. The number of ether oxygens (including phenoxy) is 1. The highest BCUT2D eigenvalue weighted by Gasteiger charge is 2.12. The molecule has 0 saturated carbocycles. The van der Waals surface area contributed by atoms with Gasteiger partial charge in [-0.3, -0.25) is 5.41 Å². The Morgan fingerprint density at radius 2 is 2.33 bits per heavy atom. The smallest absolute Gasteiger partial charge is 0.343 e. The number of aliphatic hydroxyl groups excluding tert-OH is 1. The van der Waals surface area contributed by atoms with Gasteiger partial charge in [0.05, 0.1) is 6.61 Å². The standard InChI is InChI=1S/C9H17N3O3/c1-2-15-9(14)7(8(10)11)6-12-4-3-5-13/h6,12-13H,2-5H2,1H3,(H3,10,11)/b7-6+. The molecule has 0 spiro atoms. The number of hydrogen-bond donors (Lipinski definition) is 4. The fourth-order valence-electron chi connectivity index (χ4n) is 0.811. The Labute approximate surface area is 88.6 Å². The SMILES string of the molecule is CCOC(=O)/C(=C/NCCCO)C(=N)N. The lowest BCUT2D eigenvalue weighted by atomic mass is 10.2. The molecular formula is C9H17N3O3. The minimum absolute atomic E-state index is 0.00482. The van der Waals surface area contributed by atoms with Gasteiger partial charge < -0.3 is 20.9 Å². The van der Waals surface area contributed by atoms with Gasteiger partial charge in [-0.05, 0) is 13.3 Å². The van der Waals surface area contributed by atoms with E-state index in [0.717, 1.165) is 0 Å².